The molecule has 1 aromatic heterocycles. The third kappa shape index (κ3) is 4.30. The minimum absolute atomic E-state index is 0.348. The Kier molecular flexibility index (Phi) is 4.85. The molecule has 0 radical (unpaired) electrons. The second kappa shape index (κ2) is 7.23. The topological polar surface area (TPSA) is 25.4 Å². The highest BCUT2D eigenvalue weighted by Gasteiger charge is 2.20. The highest BCUT2D eigenvalue weighted by Crippen LogP contribution is 2.18. The van der Waals surface area contributed by atoms with Gasteiger partial charge in [0.1, 0.15) is 11.9 Å². The van der Waals surface area contributed by atoms with E-state index in [4.69, 9.17) is 4.74 Å². The number of hydrogen-bond acceptors (Lipinski definition) is 3. The largest absolute Gasteiger partial charge is 0.490 e. The Balaban J connectivity index is 1.41. The molecule has 0 saturated carbocycles. The van der Waals surface area contributed by atoms with Crippen LogP contribution >= 0.6 is 0 Å². The van der Waals surface area contributed by atoms with Crippen molar-refractivity contribution < 1.29 is 4.74 Å². The predicted octanol–water partition coefficient (Wildman–Crippen LogP) is 3.17. The fraction of sp³-hybridized carbons (Fsp3) is 0.389. The van der Waals surface area contributed by atoms with E-state index >= 15 is 0 Å². The van der Waals surface area contributed by atoms with Gasteiger partial charge in [-0.25, -0.2) is 0 Å². The number of nitrogens with zero attached hydrogens (tertiary/aromatic N) is 2. The monoisotopic (exact) mass is 282 g/mol. The van der Waals surface area contributed by atoms with Gasteiger partial charge in [-0.15, -0.1) is 0 Å². The van der Waals surface area contributed by atoms with Crippen molar-refractivity contribution in [1.82, 2.24) is 9.88 Å². The summed E-state index contributed by atoms with van der Waals surface area (Å²) >= 11 is 0. The van der Waals surface area contributed by atoms with E-state index in [1.165, 1.54) is 5.56 Å². The van der Waals surface area contributed by atoms with Crippen LogP contribution in [-0.2, 0) is 6.42 Å². The summed E-state index contributed by atoms with van der Waals surface area (Å²) in [5, 5.41) is 0. The van der Waals surface area contributed by atoms with Crippen molar-refractivity contribution in [2.75, 3.05) is 19.6 Å². The molecule has 0 unspecified atom stereocenters. The van der Waals surface area contributed by atoms with Crippen LogP contribution in [0.5, 0.6) is 5.75 Å². The number of hydrogen-bond donors (Lipinski definition) is 0. The highest BCUT2D eigenvalue weighted by atomic mass is 16.5. The van der Waals surface area contributed by atoms with Gasteiger partial charge in [-0.05, 0) is 37.0 Å². The molecule has 0 atom stereocenters. The molecule has 2 heterocycles. The van der Waals surface area contributed by atoms with E-state index in [-0.39, 0.29) is 0 Å². The van der Waals surface area contributed by atoms with Gasteiger partial charge in [0.2, 0.25) is 0 Å². The summed E-state index contributed by atoms with van der Waals surface area (Å²) in [5.41, 5.74) is 1.42. The van der Waals surface area contributed by atoms with E-state index < -0.39 is 0 Å². The van der Waals surface area contributed by atoms with E-state index in [9.17, 15) is 0 Å². The third-order valence-corrected chi connectivity index (χ3v) is 4.05. The van der Waals surface area contributed by atoms with E-state index in [0.717, 1.165) is 44.6 Å². The van der Waals surface area contributed by atoms with Crippen molar-refractivity contribution in [2.45, 2.75) is 25.4 Å². The maximum Gasteiger partial charge on any atom is 0.122 e. The van der Waals surface area contributed by atoms with Gasteiger partial charge in [-0.3, -0.25) is 4.98 Å². The zero-order valence-corrected chi connectivity index (χ0v) is 12.3. The van der Waals surface area contributed by atoms with Gasteiger partial charge in [-0.2, -0.15) is 0 Å². The standard InChI is InChI=1S/C18H22N2O/c1-2-4-16(5-3-1)8-13-20-14-9-18(10-15-20)21-17-6-11-19-12-7-17/h1-7,11-12,18H,8-10,13-15H2. The lowest BCUT2D eigenvalue weighted by molar-refractivity contribution is 0.101. The second-order valence-electron chi connectivity index (χ2n) is 5.58. The lowest BCUT2D eigenvalue weighted by Crippen LogP contribution is -2.39. The van der Waals surface area contributed by atoms with Crippen molar-refractivity contribution in [2.24, 2.45) is 0 Å². The molecule has 1 aliphatic rings. The van der Waals surface area contributed by atoms with Gasteiger partial charge in [-0.1, -0.05) is 30.3 Å². The maximum absolute atomic E-state index is 6.00. The molecule has 0 N–H and O–H groups in total. The van der Waals surface area contributed by atoms with E-state index in [2.05, 4.69) is 40.2 Å². The molecule has 1 saturated heterocycles. The quantitative estimate of drug-likeness (QED) is 0.842. The molecule has 0 bridgehead atoms. The first-order chi connectivity index (χ1) is 10.4. The summed E-state index contributed by atoms with van der Waals surface area (Å²) in [4.78, 5) is 6.56. The van der Waals surface area contributed by atoms with Crippen molar-refractivity contribution in [1.29, 1.82) is 0 Å². The molecule has 2 aromatic rings. The molecular weight excluding hydrogens is 260 g/mol. The number of piperidine rings is 1. The van der Waals surface area contributed by atoms with Crippen LogP contribution in [0.3, 0.4) is 0 Å². The Morgan fingerprint density at radius 1 is 1.00 bits per heavy atom. The molecule has 21 heavy (non-hydrogen) atoms. The lowest BCUT2D eigenvalue weighted by Gasteiger charge is -2.32. The minimum Gasteiger partial charge on any atom is -0.490 e. The van der Waals surface area contributed by atoms with Gasteiger partial charge < -0.3 is 9.64 Å². The maximum atomic E-state index is 6.00. The molecule has 3 heteroatoms. The van der Waals surface area contributed by atoms with Crippen LogP contribution in [0.15, 0.2) is 54.9 Å². The number of rotatable bonds is 5. The molecular formula is C18H22N2O. The molecule has 0 aliphatic carbocycles. The Morgan fingerprint density at radius 2 is 1.71 bits per heavy atom. The number of likely N-dealkylation sites (tertiary alicyclic amines) is 1. The highest BCUT2D eigenvalue weighted by molar-refractivity contribution is 5.17. The van der Waals surface area contributed by atoms with Crippen LogP contribution in [0.25, 0.3) is 0 Å². The molecule has 1 aliphatic heterocycles. The zero-order chi connectivity index (χ0) is 14.3. The fourth-order valence-corrected chi connectivity index (χ4v) is 2.79. The van der Waals surface area contributed by atoms with Gasteiger partial charge in [0.15, 0.2) is 0 Å². The van der Waals surface area contributed by atoms with Crippen LogP contribution in [-0.4, -0.2) is 35.6 Å². The molecule has 0 spiro atoms. The van der Waals surface area contributed by atoms with Crippen LogP contribution in [0.1, 0.15) is 18.4 Å². The first kappa shape index (κ1) is 14.1. The Morgan fingerprint density at radius 3 is 2.43 bits per heavy atom. The summed E-state index contributed by atoms with van der Waals surface area (Å²) in [6.07, 6.45) is 7.26. The van der Waals surface area contributed by atoms with Crippen molar-refractivity contribution in [3.8, 4) is 5.75 Å². The molecule has 110 valence electrons. The van der Waals surface area contributed by atoms with E-state index in [1.54, 1.807) is 12.4 Å². The molecule has 3 rings (SSSR count). The van der Waals surface area contributed by atoms with Crippen LogP contribution < -0.4 is 4.74 Å². The Hall–Kier alpha value is -1.87. The predicted molar refractivity (Wildman–Crippen MR) is 84.5 cm³/mol. The molecule has 1 fully saturated rings. The van der Waals surface area contributed by atoms with Crippen LogP contribution in [0.2, 0.25) is 0 Å². The SMILES string of the molecule is c1ccc(CCN2CCC(Oc3ccncc3)CC2)cc1. The first-order valence-electron chi connectivity index (χ1n) is 7.73. The van der Waals surface area contributed by atoms with Gasteiger partial charge in [0.05, 0.1) is 0 Å². The lowest BCUT2D eigenvalue weighted by atomic mass is 10.1. The second-order valence-corrected chi connectivity index (χ2v) is 5.58. The van der Waals surface area contributed by atoms with Crippen molar-refractivity contribution in [3.05, 3.63) is 60.4 Å². The summed E-state index contributed by atoms with van der Waals surface area (Å²) in [7, 11) is 0. The Labute approximate surface area is 126 Å². The molecule has 3 nitrogen and oxygen atoms in total. The van der Waals surface area contributed by atoms with Crippen molar-refractivity contribution in [3.63, 3.8) is 0 Å². The number of benzene rings is 1. The number of ether oxygens (including phenoxy) is 1. The Bertz CT molecular complexity index is 521. The average Bonchev–Trinajstić information content (AvgIpc) is 2.56. The number of aromatic nitrogens is 1. The smallest absolute Gasteiger partial charge is 0.122 e. The minimum atomic E-state index is 0.348. The first-order valence-corrected chi connectivity index (χ1v) is 7.73. The fourth-order valence-electron chi connectivity index (χ4n) is 2.79. The average molecular weight is 282 g/mol. The molecule has 0 amide bonds. The van der Waals surface area contributed by atoms with Gasteiger partial charge in [0, 0.05) is 32.0 Å². The van der Waals surface area contributed by atoms with Gasteiger partial charge >= 0.3 is 0 Å². The summed E-state index contributed by atoms with van der Waals surface area (Å²) in [6, 6.07) is 14.6. The molecule has 1 aromatic carbocycles. The van der Waals surface area contributed by atoms with E-state index in [0.29, 0.717) is 6.10 Å². The summed E-state index contributed by atoms with van der Waals surface area (Å²) in [6.45, 7) is 3.40. The van der Waals surface area contributed by atoms with Crippen LogP contribution in [0, 0.1) is 0 Å². The summed E-state index contributed by atoms with van der Waals surface area (Å²) < 4.78 is 6.00. The van der Waals surface area contributed by atoms with Crippen molar-refractivity contribution >= 4 is 0 Å². The van der Waals surface area contributed by atoms with E-state index in [1.807, 2.05) is 12.1 Å². The van der Waals surface area contributed by atoms with Gasteiger partial charge in [0.25, 0.3) is 0 Å². The zero-order valence-electron chi connectivity index (χ0n) is 12.3. The number of pyridine rings is 1. The summed E-state index contributed by atoms with van der Waals surface area (Å²) in [5.74, 6) is 0.938. The normalized spacial score (nSPS) is 16.8. The third-order valence-electron chi connectivity index (χ3n) is 4.05. The van der Waals surface area contributed by atoms with Crippen LogP contribution in [0.4, 0.5) is 0 Å².